The minimum absolute atomic E-state index is 0.197. The van der Waals surface area contributed by atoms with Crippen molar-refractivity contribution in [3.8, 4) is 0 Å². The van der Waals surface area contributed by atoms with Crippen LogP contribution in [0.2, 0.25) is 5.02 Å². The number of hydrogen-bond acceptors (Lipinski definition) is 1. The van der Waals surface area contributed by atoms with Crippen LogP contribution in [-0.4, -0.2) is 5.78 Å². The molecule has 0 aliphatic heterocycles. The number of fused-ring (bicyclic) bond motifs is 1. The van der Waals surface area contributed by atoms with Crippen LogP contribution in [0.5, 0.6) is 0 Å². The molecular weight excluding hydrogens is 280 g/mol. The molecule has 0 N–H and O–H groups in total. The predicted molar refractivity (Wildman–Crippen MR) is 87.3 cm³/mol. The van der Waals surface area contributed by atoms with Crippen molar-refractivity contribution in [2.45, 2.75) is 38.5 Å². The molecule has 0 saturated carbocycles. The SMILES string of the molecule is Cc1cc(Cl)cc(C(=O)CC2CCCc3ccccc32)c1. The van der Waals surface area contributed by atoms with Gasteiger partial charge in [0.15, 0.2) is 5.78 Å². The lowest BCUT2D eigenvalue weighted by Crippen LogP contribution is -2.14. The first-order chi connectivity index (χ1) is 10.1. The first-order valence-corrected chi connectivity index (χ1v) is 7.89. The second-order valence-corrected chi connectivity index (χ2v) is 6.37. The lowest BCUT2D eigenvalue weighted by atomic mass is 9.79. The zero-order chi connectivity index (χ0) is 14.8. The van der Waals surface area contributed by atoms with Crippen molar-refractivity contribution in [1.29, 1.82) is 0 Å². The highest BCUT2D eigenvalue weighted by atomic mass is 35.5. The molecule has 1 aliphatic rings. The number of benzene rings is 2. The van der Waals surface area contributed by atoms with Crippen LogP contribution in [0.4, 0.5) is 0 Å². The van der Waals surface area contributed by atoms with Crippen LogP contribution in [0, 0.1) is 6.92 Å². The molecule has 0 aromatic heterocycles. The van der Waals surface area contributed by atoms with Crippen molar-refractivity contribution in [2.75, 3.05) is 0 Å². The normalized spacial score (nSPS) is 17.3. The van der Waals surface area contributed by atoms with Crippen LogP contribution in [0.15, 0.2) is 42.5 Å². The number of halogens is 1. The molecule has 2 aromatic carbocycles. The lowest BCUT2D eigenvalue weighted by Gasteiger charge is -2.25. The second-order valence-electron chi connectivity index (χ2n) is 5.93. The monoisotopic (exact) mass is 298 g/mol. The fourth-order valence-corrected chi connectivity index (χ4v) is 3.60. The number of carbonyl (C=O) groups excluding carboxylic acids is 1. The second kappa shape index (κ2) is 6.03. The summed E-state index contributed by atoms with van der Waals surface area (Å²) in [5, 5.41) is 0.641. The van der Waals surface area contributed by atoms with Crippen LogP contribution in [-0.2, 0) is 6.42 Å². The van der Waals surface area contributed by atoms with E-state index in [2.05, 4.69) is 24.3 Å². The molecule has 3 rings (SSSR count). The Kier molecular flexibility index (Phi) is 4.12. The average molecular weight is 299 g/mol. The maximum absolute atomic E-state index is 12.6. The van der Waals surface area contributed by atoms with Gasteiger partial charge in [0.05, 0.1) is 0 Å². The van der Waals surface area contributed by atoms with Crippen molar-refractivity contribution in [1.82, 2.24) is 0 Å². The lowest BCUT2D eigenvalue weighted by molar-refractivity contribution is 0.0971. The summed E-state index contributed by atoms with van der Waals surface area (Å²) in [6, 6.07) is 14.1. The van der Waals surface area contributed by atoms with Crippen LogP contribution in [0.1, 0.15) is 52.2 Å². The Balaban J connectivity index is 1.82. The minimum Gasteiger partial charge on any atom is -0.294 e. The quantitative estimate of drug-likeness (QED) is 0.699. The summed E-state index contributed by atoms with van der Waals surface area (Å²) in [7, 11) is 0. The predicted octanol–water partition coefficient (Wildman–Crippen LogP) is 5.34. The summed E-state index contributed by atoms with van der Waals surface area (Å²) in [6.45, 7) is 1.97. The molecule has 0 spiro atoms. The summed E-state index contributed by atoms with van der Waals surface area (Å²) < 4.78 is 0. The topological polar surface area (TPSA) is 17.1 Å². The van der Waals surface area contributed by atoms with Gasteiger partial charge < -0.3 is 0 Å². The van der Waals surface area contributed by atoms with Gasteiger partial charge >= 0.3 is 0 Å². The van der Waals surface area contributed by atoms with E-state index >= 15 is 0 Å². The van der Waals surface area contributed by atoms with Gasteiger partial charge in [0, 0.05) is 17.0 Å². The molecule has 2 aromatic rings. The zero-order valence-corrected chi connectivity index (χ0v) is 13.0. The van der Waals surface area contributed by atoms with E-state index in [0.29, 0.717) is 17.4 Å². The molecule has 1 atom stereocenters. The molecule has 0 fully saturated rings. The summed E-state index contributed by atoms with van der Waals surface area (Å²) in [6.07, 6.45) is 3.99. The van der Waals surface area contributed by atoms with E-state index in [1.807, 2.05) is 19.1 Å². The Morgan fingerprint density at radius 1 is 1.24 bits per heavy atom. The van der Waals surface area contributed by atoms with Gasteiger partial charge in [0.25, 0.3) is 0 Å². The third-order valence-corrected chi connectivity index (χ3v) is 4.51. The molecule has 108 valence electrons. The third-order valence-electron chi connectivity index (χ3n) is 4.29. The summed E-state index contributed by atoms with van der Waals surface area (Å²) in [5.74, 6) is 0.545. The van der Waals surface area contributed by atoms with Crippen molar-refractivity contribution in [2.24, 2.45) is 0 Å². The molecular formula is C19H19ClO. The van der Waals surface area contributed by atoms with E-state index in [4.69, 9.17) is 11.6 Å². The number of aryl methyl sites for hydroxylation is 2. The van der Waals surface area contributed by atoms with E-state index < -0.39 is 0 Å². The Labute approximate surface area is 131 Å². The van der Waals surface area contributed by atoms with Crippen LogP contribution in [0.3, 0.4) is 0 Å². The highest BCUT2D eigenvalue weighted by molar-refractivity contribution is 6.31. The molecule has 0 heterocycles. The standard InChI is InChI=1S/C19H19ClO/c1-13-9-16(11-17(20)10-13)19(21)12-15-7-4-6-14-5-2-3-8-18(14)15/h2-3,5,8-11,15H,4,6-7,12H2,1H3. The fraction of sp³-hybridized carbons (Fsp3) is 0.316. The Morgan fingerprint density at radius 3 is 2.86 bits per heavy atom. The van der Waals surface area contributed by atoms with Gasteiger partial charge in [-0.25, -0.2) is 0 Å². The van der Waals surface area contributed by atoms with Crippen LogP contribution >= 0.6 is 11.6 Å². The average Bonchev–Trinajstić information content (AvgIpc) is 2.46. The number of rotatable bonds is 3. The van der Waals surface area contributed by atoms with E-state index in [-0.39, 0.29) is 5.78 Å². The van der Waals surface area contributed by atoms with Crippen LogP contribution in [0.25, 0.3) is 0 Å². The first kappa shape index (κ1) is 14.3. The molecule has 21 heavy (non-hydrogen) atoms. The Hall–Kier alpha value is -1.60. The van der Waals surface area contributed by atoms with Gasteiger partial charge in [0.2, 0.25) is 0 Å². The first-order valence-electron chi connectivity index (χ1n) is 7.51. The van der Waals surface area contributed by atoms with E-state index in [1.54, 1.807) is 6.07 Å². The molecule has 0 bridgehead atoms. The number of ketones is 1. The molecule has 0 saturated heterocycles. The number of hydrogen-bond donors (Lipinski definition) is 0. The zero-order valence-electron chi connectivity index (χ0n) is 12.2. The van der Waals surface area contributed by atoms with Gasteiger partial charge in [-0.15, -0.1) is 0 Å². The summed E-state index contributed by atoms with van der Waals surface area (Å²) >= 11 is 6.07. The van der Waals surface area contributed by atoms with Gasteiger partial charge in [0.1, 0.15) is 0 Å². The van der Waals surface area contributed by atoms with Gasteiger partial charge in [-0.3, -0.25) is 4.79 Å². The van der Waals surface area contributed by atoms with Crippen molar-refractivity contribution in [3.05, 3.63) is 69.7 Å². The molecule has 0 radical (unpaired) electrons. The van der Waals surface area contributed by atoms with Gasteiger partial charge in [-0.1, -0.05) is 35.9 Å². The van der Waals surface area contributed by atoms with Gasteiger partial charge in [-0.05, 0) is 67.0 Å². The van der Waals surface area contributed by atoms with E-state index in [1.165, 1.54) is 17.5 Å². The minimum atomic E-state index is 0.197. The van der Waals surface area contributed by atoms with Crippen LogP contribution < -0.4 is 0 Å². The molecule has 1 unspecified atom stereocenters. The largest absolute Gasteiger partial charge is 0.294 e. The summed E-state index contributed by atoms with van der Waals surface area (Å²) in [5.41, 5.74) is 4.54. The molecule has 1 aliphatic carbocycles. The molecule has 0 amide bonds. The highest BCUT2D eigenvalue weighted by Gasteiger charge is 2.23. The molecule has 1 nitrogen and oxygen atoms in total. The van der Waals surface area contributed by atoms with Crippen molar-refractivity contribution >= 4 is 17.4 Å². The van der Waals surface area contributed by atoms with Crippen molar-refractivity contribution < 1.29 is 4.79 Å². The number of Topliss-reactive ketones (excluding diaryl/α,β-unsaturated/α-hetero) is 1. The molecule has 2 heteroatoms. The highest BCUT2D eigenvalue weighted by Crippen LogP contribution is 2.34. The van der Waals surface area contributed by atoms with E-state index in [9.17, 15) is 4.79 Å². The number of carbonyl (C=O) groups is 1. The maximum atomic E-state index is 12.6. The van der Waals surface area contributed by atoms with Gasteiger partial charge in [-0.2, -0.15) is 0 Å². The summed E-state index contributed by atoms with van der Waals surface area (Å²) in [4.78, 5) is 12.6. The van der Waals surface area contributed by atoms with Crippen molar-refractivity contribution in [3.63, 3.8) is 0 Å². The third kappa shape index (κ3) is 3.19. The fourth-order valence-electron chi connectivity index (χ4n) is 3.31. The Bertz CT molecular complexity index is 655. The Morgan fingerprint density at radius 2 is 2.05 bits per heavy atom. The smallest absolute Gasteiger partial charge is 0.163 e. The van der Waals surface area contributed by atoms with E-state index in [0.717, 1.165) is 24.0 Å². The maximum Gasteiger partial charge on any atom is 0.163 e.